The molecule has 0 bridgehead atoms. The van der Waals surface area contributed by atoms with Crippen LogP contribution in [-0.2, 0) is 4.79 Å². The highest BCUT2D eigenvalue weighted by molar-refractivity contribution is 5.93. The average molecular weight is 261 g/mol. The van der Waals surface area contributed by atoms with E-state index in [1.807, 2.05) is 39.1 Å². The summed E-state index contributed by atoms with van der Waals surface area (Å²) < 4.78 is 0. The van der Waals surface area contributed by atoms with E-state index >= 15 is 0 Å². The molecule has 105 valence electrons. The van der Waals surface area contributed by atoms with Crippen molar-refractivity contribution in [1.82, 2.24) is 4.98 Å². The van der Waals surface area contributed by atoms with Gasteiger partial charge in [-0.15, -0.1) is 0 Å². The van der Waals surface area contributed by atoms with Gasteiger partial charge < -0.3 is 5.32 Å². The van der Waals surface area contributed by atoms with E-state index in [1.165, 1.54) is 5.56 Å². The van der Waals surface area contributed by atoms with E-state index in [4.69, 9.17) is 0 Å². The first kappa shape index (κ1) is 15.7. The van der Waals surface area contributed by atoms with Gasteiger partial charge in [-0.25, -0.2) is 4.98 Å². The van der Waals surface area contributed by atoms with Crippen LogP contribution in [0.15, 0.2) is 18.3 Å². The molecule has 0 saturated heterocycles. The molecule has 1 unspecified atom stereocenters. The third kappa shape index (κ3) is 4.66. The highest BCUT2D eigenvalue weighted by Gasteiger charge is 2.21. The Morgan fingerprint density at radius 1 is 1.42 bits per heavy atom. The molecule has 1 rings (SSSR count). The van der Waals surface area contributed by atoms with E-state index in [2.05, 4.69) is 24.1 Å². The lowest BCUT2D eigenvalue weighted by atomic mass is 9.93. The Bertz CT molecular complexity index is 404. The Kier molecular flexibility index (Phi) is 5.52. The maximum absolute atomic E-state index is 11.9. The standard InChI is InChI=1S/C16H25N2O/c1-6-8-12(7-2)13-9-10-14(17-11-13)18-15(19)16(3,4)5/h9-12H,2,6-8H2,1,3-5H3,(H,17,18,19). The van der Waals surface area contributed by atoms with Crippen LogP contribution >= 0.6 is 0 Å². The monoisotopic (exact) mass is 261 g/mol. The molecule has 19 heavy (non-hydrogen) atoms. The van der Waals surface area contributed by atoms with Gasteiger partial charge in [0.05, 0.1) is 0 Å². The molecule has 3 heteroatoms. The summed E-state index contributed by atoms with van der Waals surface area (Å²) >= 11 is 0. The highest BCUT2D eigenvalue weighted by atomic mass is 16.2. The maximum Gasteiger partial charge on any atom is 0.230 e. The van der Waals surface area contributed by atoms with Gasteiger partial charge in [0.2, 0.25) is 5.91 Å². The lowest BCUT2D eigenvalue weighted by Crippen LogP contribution is -2.28. The minimum atomic E-state index is -0.404. The highest BCUT2D eigenvalue weighted by Crippen LogP contribution is 2.24. The molecule has 0 aromatic carbocycles. The van der Waals surface area contributed by atoms with E-state index in [1.54, 1.807) is 0 Å². The minimum Gasteiger partial charge on any atom is -0.310 e. The first-order chi connectivity index (χ1) is 8.88. The normalized spacial score (nSPS) is 13.1. The molecular formula is C16H25N2O. The number of carbonyl (C=O) groups excluding carboxylic acids is 1. The summed E-state index contributed by atoms with van der Waals surface area (Å²) in [7, 11) is 0. The Morgan fingerprint density at radius 3 is 2.53 bits per heavy atom. The van der Waals surface area contributed by atoms with Gasteiger partial charge >= 0.3 is 0 Å². The van der Waals surface area contributed by atoms with E-state index < -0.39 is 5.41 Å². The first-order valence-corrected chi connectivity index (χ1v) is 6.95. The molecule has 1 aromatic heterocycles. The molecule has 1 radical (unpaired) electrons. The van der Waals surface area contributed by atoms with Crippen LogP contribution in [0.3, 0.4) is 0 Å². The summed E-state index contributed by atoms with van der Waals surface area (Å²) in [5, 5.41) is 2.83. The van der Waals surface area contributed by atoms with Gasteiger partial charge in [0.15, 0.2) is 0 Å². The molecular weight excluding hydrogens is 236 g/mol. The largest absolute Gasteiger partial charge is 0.310 e. The number of nitrogens with zero attached hydrogens (tertiary/aromatic N) is 1. The fourth-order valence-corrected chi connectivity index (χ4v) is 1.85. The van der Waals surface area contributed by atoms with E-state index in [0.717, 1.165) is 19.3 Å². The SMILES string of the molecule is [CH2]CC(CCC)c1ccc(NC(=O)C(C)(C)C)nc1. The molecule has 1 atom stereocenters. The van der Waals surface area contributed by atoms with Crippen LogP contribution in [0.5, 0.6) is 0 Å². The molecule has 1 N–H and O–H groups in total. The number of anilines is 1. The summed E-state index contributed by atoms with van der Waals surface area (Å²) in [6.45, 7) is 11.8. The molecule has 1 aromatic rings. The van der Waals surface area contributed by atoms with E-state index in [0.29, 0.717) is 11.7 Å². The van der Waals surface area contributed by atoms with Gasteiger partial charge in [0.25, 0.3) is 0 Å². The lowest BCUT2D eigenvalue weighted by molar-refractivity contribution is -0.123. The van der Waals surface area contributed by atoms with Crippen molar-refractivity contribution in [3.8, 4) is 0 Å². The summed E-state index contributed by atoms with van der Waals surface area (Å²) in [4.78, 5) is 16.2. The number of aromatic nitrogens is 1. The Balaban J connectivity index is 2.74. The zero-order valence-electron chi connectivity index (χ0n) is 12.5. The average Bonchev–Trinajstić information content (AvgIpc) is 2.36. The van der Waals surface area contributed by atoms with Crippen LogP contribution in [0, 0.1) is 12.3 Å². The predicted molar refractivity (Wildman–Crippen MR) is 79.9 cm³/mol. The van der Waals surface area contributed by atoms with Crippen LogP contribution in [-0.4, -0.2) is 10.9 Å². The van der Waals surface area contributed by atoms with Gasteiger partial charge in [-0.1, -0.05) is 47.1 Å². The number of rotatable bonds is 5. The second-order valence-electron chi connectivity index (χ2n) is 5.96. The fraction of sp³-hybridized carbons (Fsp3) is 0.562. The molecule has 1 heterocycles. The molecule has 0 saturated carbocycles. The third-order valence-electron chi connectivity index (χ3n) is 3.17. The van der Waals surface area contributed by atoms with Gasteiger partial charge in [-0.3, -0.25) is 4.79 Å². The summed E-state index contributed by atoms with van der Waals surface area (Å²) in [6.07, 6.45) is 4.99. The number of hydrogen-bond acceptors (Lipinski definition) is 2. The number of nitrogens with one attached hydrogen (secondary N) is 1. The molecule has 0 aliphatic carbocycles. The molecule has 1 amide bonds. The second kappa shape index (κ2) is 6.69. The number of amides is 1. The Hall–Kier alpha value is -1.38. The predicted octanol–water partition coefficient (Wildman–Crippen LogP) is 4.17. The van der Waals surface area contributed by atoms with Crippen LogP contribution in [0.4, 0.5) is 5.82 Å². The van der Waals surface area contributed by atoms with Crippen LogP contribution in [0.1, 0.15) is 58.4 Å². The number of carbonyl (C=O) groups is 1. The van der Waals surface area contributed by atoms with Crippen LogP contribution in [0.2, 0.25) is 0 Å². The smallest absolute Gasteiger partial charge is 0.230 e. The van der Waals surface area contributed by atoms with Crippen LogP contribution in [0.25, 0.3) is 0 Å². The van der Waals surface area contributed by atoms with Crippen molar-refractivity contribution in [2.24, 2.45) is 5.41 Å². The van der Waals surface area contributed by atoms with Gasteiger partial charge in [-0.05, 0) is 30.4 Å². The minimum absolute atomic E-state index is 0.0185. The van der Waals surface area contributed by atoms with Crippen molar-refractivity contribution in [3.63, 3.8) is 0 Å². The first-order valence-electron chi connectivity index (χ1n) is 6.95. The van der Waals surface area contributed by atoms with E-state index in [9.17, 15) is 4.79 Å². The number of hydrogen-bond donors (Lipinski definition) is 1. The molecule has 0 spiro atoms. The van der Waals surface area contributed by atoms with Crippen molar-refractivity contribution in [1.29, 1.82) is 0 Å². The fourth-order valence-electron chi connectivity index (χ4n) is 1.85. The topological polar surface area (TPSA) is 42.0 Å². The molecule has 0 aliphatic rings. The lowest BCUT2D eigenvalue weighted by Gasteiger charge is -2.18. The quantitative estimate of drug-likeness (QED) is 0.864. The number of pyridine rings is 1. The van der Waals surface area contributed by atoms with Crippen LogP contribution < -0.4 is 5.32 Å². The maximum atomic E-state index is 11.9. The van der Waals surface area contributed by atoms with Gasteiger partial charge in [-0.2, -0.15) is 0 Å². The zero-order chi connectivity index (χ0) is 14.5. The third-order valence-corrected chi connectivity index (χ3v) is 3.17. The van der Waals surface area contributed by atoms with Crippen molar-refractivity contribution in [2.75, 3.05) is 5.32 Å². The summed E-state index contributed by atoms with van der Waals surface area (Å²) in [5.41, 5.74) is 0.795. The van der Waals surface area contributed by atoms with Crippen molar-refractivity contribution in [2.45, 2.75) is 52.9 Å². The Labute approximate surface area is 116 Å². The molecule has 3 nitrogen and oxygen atoms in total. The van der Waals surface area contributed by atoms with E-state index in [-0.39, 0.29) is 5.91 Å². The summed E-state index contributed by atoms with van der Waals surface area (Å²) in [5.74, 6) is 1.06. The zero-order valence-corrected chi connectivity index (χ0v) is 12.5. The second-order valence-corrected chi connectivity index (χ2v) is 5.96. The molecule has 0 aliphatic heterocycles. The summed E-state index contributed by atoms with van der Waals surface area (Å²) in [6, 6.07) is 3.91. The van der Waals surface area contributed by atoms with Crippen molar-refractivity contribution < 1.29 is 4.79 Å². The van der Waals surface area contributed by atoms with Gasteiger partial charge in [0, 0.05) is 11.6 Å². The van der Waals surface area contributed by atoms with Gasteiger partial charge in [0.1, 0.15) is 5.82 Å². The Morgan fingerprint density at radius 2 is 2.11 bits per heavy atom. The van der Waals surface area contributed by atoms with Crippen molar-refractivity contribution >= 4 is 11.7 Å². The van der Waals surface area contributed by atoms with Crippen molar-refractivity contribution in [3.05, 3.63) is 30.8 Å². The molecule has 0 fully saturated rings.